The van der Waals surface area contributed by atoms with Gasteiger partial charge in [-0.25, -0.2) is 10.8 Å². The van der Waals surface area contributed by atoms with Gasteiger partial charge in [0.1, 0.15) is 4.38 Å². The number of thioether (sulfide) groups is 2. The van der Waals surface area contributed by atoms with Crippen LogP contribution in [0.2, 0.25) is 0 Å². The van der Waals surface area contributed by atoms with E-state index in [0.717, 1.165) is 26.8 Å². The van der Waals surface area contributed by atoms with Gasteiger partial charge in [0, 0.05) is 12.8 Å². The number of aryl methyl sites for hydroxylation is 1. The first-order chi connectivity index (χ1) is 12.1. The molecule has 1 heterocycles. The zero-order valence-electron chi connectivity index (χ0n) is 14.4. The molecule has 0 unspecified atom stereocenters. The SMILES string of the molecule is CS/C(=N/c1noc2ccccc12)SCc1c(C)cccc1N(C)N. The monoisotopic (exact) mass is 372 g/mol. The maximum absolute atomic E-state index is 5.96. The van der Waals surface area contributed by atoms with Gasteiger partial charge in [-0.15, -0.1) is 11.8 Å². The largest absolute Gasteiger partial charge is 0.354 e. The molecule has 0 saturated carbocycles. The van der Waals surface area contributed by atoms with Crippen LogP contribution >= 0.6 is 23.5 Å². The molecule has 130 valence electrons. The van der Waals surface area contributed by atoms with E-state index in [4.69, 9.17) is 10.4 Å². The van der Waals surface area contributed by atoms with E-state index >= 15 is 0 Å². The summed E-state index contributed by atoms with van der Waals surface area (Å²) in [6.07, 6.45) is 2.02. The number of hydrogen-bond donors (Lipinski definition) is 1. The molecule has 0 spiro atoms. The third-order valence-corrected chi connectivity index (χ3v) is 5.90. The summed E-state index contributed by atoms with van der Waals surface area (Å²) in [6.45, 7) is 2.10. The highest BCUT2D eigenvalue weighted by Crippen LogP contribution is 2.31. The molecule has 1 aromatic heterocycles. The van der Waals surface area contributed by atoms with Gasteiger partial charge in [0.25, 0.3) is 0 Å². The van der Waals surface area contributed by atoms with Crippen molar-refractivity contribution in [1.29, 1.82) is 0 Å². The molecule has 3 rings (SSSR count). The molecule has 0 radical (unpaired) electrons. The van der Waals surface area contributed by atoms with Crippen LogP contribution in [-0.4, -0.2) is 22.8 Å². The van der Waals surface area contributed by atoms with E-state index in [9.17, 15) is 0 Å². The molecule has 0 aliphatic carbocycles. The lowest BCUT2D eigenvalue weighted by atomic mass is 10.1. The lowest BCUT2D eigenvalue weighted by Crippen LogP contribution is -2.26. The second kappa shape index (κ2) is 7.95. The number of fused-ring (bicyclic) bond motifs is 1. The predicted octanol–water partition coefficient (Wildman–Crippen LogP) is 4.73. The zero-order valence-corrected chi connectivity index (χ0v) is 16.0. The van der Waals surface area contributed by atoms with Crippen LogP contribution < -0.4 is 10.9 Å². The van der Waals surface area contributed by atoms with Gasteiger partial charge in [0.05, 0.1) is 11.1 Å². The van der Waals surface area contributed by atoms with Gasteiger partial charge in [0.15, 0.2) is 5.58 Å². The standard InChI is InChI=1S/C18H20N4OS2/c1-12-7-6-9-15(22(2)19)14(12)11-25-18(24-3)20-17-13-8-4-5-10-16(13)23-21-17/h4-10H,11,19H2,1-3H3/b20-18-. The van der Waals surface area contributed by atoms with E-state index in [1.807, 2.05) is 49.7 Å². The second-order valence-corrected chi connectivity index (χ2v) is 7.57. The van der Waals surface area contributed by atoms with Crippen molar-refractivity contribution in [2.24, 2.45) is 10.8 Å². The normalized spacial score (nSPS) is 11.9. The second-order valence-electron chi connectivity index (χ2n) is 5.56. The van der Waals surface area contributed by atoms with Crippen molar-refractivity contribution in [2.45, 2.75) is 12.7 Å². The summed E-state index contributed by atoms with van der Waals surface area (Å²) in [7, 11) is 1.86. The van der Waals surface area contributed by atoms with Gasteiger partial charge in [0.2, 0.25) is 5.82 Å². The molecule has 2 N–H and O–H groups in total. The highest BCUT2D eigenvalue weighted by molar-refractivity contribution is 8.38. The fraction of sp³-hybridized carbons (Fsp3) is 0.222. The molecule has 3 aromatic rings. The first kappa shape index (κ1) is 17.8. The van der Waals surface area contributed by atoms with E-state index in [-0.39, 0.29) is 0 Å². The Hall–Kier alpha value is -1.96. The minimum atomic E-state index is 0.619. The highest BCUT2D eigenvalue weighted by atomic mass is 32.2. The first-order valence-electron chi connectivity index (χ1n) is 7.77. The van der Waals surface area contributed by atoms with Crippen LogP contribution in [0.5, 0.6) is 0 Å². The Morgan fingerprint density at radius 2 is 2.04 bits per heavy atom. The Kier molecular flexibility index (Phi) is 5.67. The molecular weight excluding hydrogens is 352 g/mol. The predicted molar refractivity (Wildman–Crippen MR) is 110 cm³/mol. The Morgan fingerprint density at radius 1 is 1.24 bits per heavy atom. The fourth-order valence-electron chi connectivity index (χ4n) is 2.52. The molecule has 25 heavy (non-hydrogen) atoms. The van der Waals surface area contributed by atoms with Crippen molar-refractivity contribution in [3.8, 4) is 0 Å². The molecule has 2 aromatic carbocycles. The van der Waals surface area contributed by atoms with Gasteiger partial charge in [-0.05, 0) is 42.5 Å². The summed E-state index contributed by atoms with van der Waals surface area (Å²) in [5.41, 5.74) is 4.20. The van der Waals surface area contributed by atoms with Gasteiger partial charge in [-0.2, -0.15) is 0 Å². The van der Waals surface area contributed by atoms with Crippen molar-refractivity contribution in [3.63, 3.8) is 0 Å². The van der Waals surface area contributed by atoms with Crippen molar-refractivity contribution >= 4 is 50.4 Å². The van der Waals surface area contributed by atoms with Gasteiger partial charge in [-0.1, -0.05) is 41.2 Å². The number of aromatic nitrogens is 1. The molecule has 0 fully saturated rings. The van der Waals surface area contributed by atoms with E-state index in [1.54, 1.807) is 28.5 Å². The summed E-state index contributed by atoms with van der Waals surface area (Å²) >= 11 is 3.28. The Bertz CT molecular complexity index is 905. The van der Waals surface area contributed by atoms with E-state index in [1.165, 1.54) is 11.1 Å². The van der Waals surface area contributed by atoms with Crippen molar-refractivity contribution in [1.82, 2.24) is 5.16 Å². The number of nitrogens with two attached hydrogens (primary N) is 1. The molecule has 0 bridgehead atoms. The summed E-state index contributed by atoms with van der Waals surface area (Å²) in [5.74, 6) is 7.37. The minimum Gasteiger partial charge on any atom is -0.354 e. The fourth-order valence-corrected chi connectivity index (χ4v) is 4.14. The third kappa shape index (κ3) is 4.00. The van der Waals surface area contributed by atoms with Crippen LogP contribution in [0.15, 0.2) is 52.0 Å². The van der Waals surface area contributed by atoms with Crippen LogP contribution in [0.25, 0.3) is 11.0 Å². The third-order valence-electron chi connectivity index (χ3n) is 3.84. The van der Waals surface area contributed by atoms with E-state index < -0.39 is 0 Å². The number of para-hydroxylation sites is 1. The summed E-state index contributed by atoms with van der Waals surface area (Å²) < 4.78 is 6.27. The summed E-state index contributed by atoms with van der Waals surface area (Å²) in [5, 5.41) is 6.66. The number of hydrazine groups is 1. The maximum atomic E-state index is 5.96. The molecule has 0 saturated heterocycles. The summed E-state index contributed by atoms with van der Waals surface area (Å²) in [6, 6.07) is 13.9. The van der Waals surface area contributed by atoms with E-state index in [0.29, 0.717) is 5.82 Å². The van der Waals surface area contributed by atoms with Gasteiger partial charge >= 0.3 is 0 Å². The summed E-state index contributed by atoms with van der Waals surface area (Å²) in [4.78, 5) is 4.68. The van der Waals surface area contributed by atoms with Crippen LogP contribution in [0, 0.1) is 6.92 Å². The van der Waals surface area contributed by atoms with Crippen molar-refractivity contribution in [2.75, 3.05) is 18.3 Å². The molecular formula is C18H20N4OS2. The lowest BCUT2D eigenvalue weighted by Gasteiger charge is -2.18. The number of benzene rings is 2. The molecule has 0 amide bonds. The maximum Gasteiger partial charge on any atom is 0.204 e. The van der Waals surface area contributed by atoms with Gasteiger partial charge < -0.3 is 9.53 Å². The average Bonchev–Trinajstić information content (AvgIpc) is 3.02. The molecule has 7 heteroatoms. The Labute approximate surface area is 155 Å². The number of nitrogens with zero attached hydrogens (tertiary/aromatic N) is 3. The minimum absolute atomic E-state index is 0.619. The molecule has 0 aliphatic heterocycles. The van der Waals surface area contributed by atoms with Crippen LogP contribution in [0.3, 0.4) is 0 Å². The number of anilines is 1. The van der Waals surface area contributed by atoms with E-state index in [2.05, 4.69) is 23.1 Å². The van der Waals surface area contributed by atoms with Crippen molar-refractivity contribution < 1.29 is 4.52 Å². The first-order valence-corrected chi connectivity index (χ1v) is 9.98. The van der Waals surface area contributed by atoms with Crippen LogP contribution in [-0.2, 0) is 5.75 Å². The smallest absolute Gasteiger partial charge is 0.204 e. The van der Waals surface area contributed by atoms with Crippen molar-refractivity contribution in [3.05, 3.63) is 53.6 Å². The average molecular weight is 373 g/mol. The lowest BCUT2D eigenvalue weighted by molar-refractivity contribution is 0.459. The zero-order chi connectivity index (χ0) is 17.8. The number of rotatable bonds is 4. The Morgan fingerprint density at radius 3 is 2.80 bits per heavy atom. The molecule has 0 aliphatic rings. The topological polar surface area (TPSA) is 67.7 Å². The van der Waals surface area contributed by atoms with Crippen LogP contribution in [0.4, 0.5) is 11.5 Å². The number of aliphatic imine (C=N–C) groups is 1. The molecule has 0 atom stereocenters. The Balaban J connectivity index is 1.84. The van der Waals surface area contributed by atoms with Gasteiger partial charge in [-0.3, -0.25) is 0 Å². The quantitative estimate of drug-likeness (QED) is 0.309. The molecule has 5 nitrogen and oxygen atoms in total. The number of hydrogen-bond acceptors (Lipinski definition) is 7. The highest BCUT2D eigenvalue weighted by Gasteiger charge is 2.12. The van der Waals surface area contributed by atoms with Crippen LogP contribution in [0.1, 0.15) is 11.1 Å².